The van der Waals surface area contributed by atoms with Crippen LogP contribution in [0.5, 0.6) is 5.75 Å². The number of benzene rings is 3. The number of aryl methyl sites for hydroxylation is 4. The third-order valence-corrected chi connectivity index (χ3v) is 5.42. The number of nitrogens with zero attached hydrogens (tertiary/aromatic N) is 3. The predicted molar refractivity (Wildman–Crippen MR) is 123 cm³/mol. The minimum atomic E-state index is -0.219. The monoisotopic (exact) mass is 414 g/mol. The molecule has 6 heteroatoms. The standard InChI is InChI=1S/C25H26N4O2/c1-5-19-7-9-20(10-8-19)29-27-23-13-18(4)22(14-24(23)28-29)26-25(30)15-31-21-11-6-16(2)17(3)12-21/h6-14H,5,15H2,1-4H3,(H,26,30). The van der Waals surface area contributed by atoms with Crippen LogP contribution in [0.4, 0.5) is 5.69 Å². The zero-order valence-electron chi connectivity index (χ0n) is 18.3. The van der Waals surface area contributed by atoms with Crippen LogP contribution in [0.2, 0.25) is 0 Å². The van der Waals surface area contributed by atoms with Crippen LogP contribution in [0.25, 0.3) is 16.7 Å². The summed E-state index contributed by atoms with van der Waals surface area (Å²) in [5.41, 5.74) is 7.61. The molecule has 0 fully saturated rings. The Bertz CT molecular complexity index is 1240. The number of hydrogen-bond acceptors (Lipinski definition) is 4. The highest BCUT2D eigenvalue weighted by atomic mass is 16.5. The van der Waals surface area contributed by atoms with Crippen LogP contribution in [-0.4, -0.2) is 27.5 Å². The number of ether oxygens (including phenoxy) is 1. The SMILES string of the molecule is CCc1ccc(-n2nc3cc(C)c(NC(=O)COc4ccc(C)c(C)c4)cc3n2)cc1. The van der Waals surface area contributed by atoms with Crippen LogP contribution < -0.4 is 10.1 Å². The van der Waals surface area contributed by atoms with E-state index in [1.165, 1.54) is 11.1 Å². The number of fused-ring (bicyclic) bond motifs is 1. The highest BCUT2D eigenvalue weighted by Crippen LogP contribution is 2.23. The number of carbonyl (C=O) groups is 1. The molecule has 4 aromatic rings. The van der Waals surface area contributed by atoms with Crippen molar-refractivity contribution >= 4 is 22.6 Å². The summed E-state index contributed by atoms with van der Waals surface area (Å²) in [5, 5.41) is 12.1. The third-order valence-electron chi connectivity index (χ3n) is 5.42. The number of nitrogens with one attached hydrogen (secondary N) is 1. The molecule has 0 radical (unpaired) electrons. The van der Waals surface area contributed by atoms with E-state index in [0.717, 1.165) is 34.3 Å². The molecule has 31 heavy (non-hydrogen) atoms. The first-order valence-electron chi connectivity index (χ1n) is 10.4. The van der Waals surface area contributed by atoms with Crippen molar-refractivity contribution in [1.29, 1.82) is 0 Å². The maximum Gasteiger partial charge on any atom is 0.262 e. The topological polar surface area (TPSA) is 69.0 Å². The molecule has 3 aromatic carbocycles. The van der Waals surface area contributed by atoms with E-state index in [2.05, 4.69) is 34.6 Å². The quantitative estimate of drug-likeness (QED) is 0.486. The van der Waals surface area contributed by atoms with Gasteiger partial charge in [0.1, 0.15) is 16.8 Å². The van der Waals surface area contributed by atoms with Gasteiger partial charge in [0.25, 0.3) is 5.91 Å². The normalized spacial score (nSPS) is 11.0. The number of aromatic nitrogens is 3. The minimum absolute atomic E-state index is 0.0591. The van der Waals surface area contributed by atoms with E-state index in [1.807, 2.05) is 63.2 Å². The van der Waals surface area contributed by atoms with E-state index in [4.69, 9.17) is 4.74 Å². The molecule has 1 aromatic heterocycles. The van der Waals surface area contributed by atoms with Gasteiger partial charge >= 0.3 is 0 Å². The van der Waals surface area contributed by atoms with Gasteiger partial charge in [-0.15, -0.1) is 10.2 Å². The van der Waals surface area contributed by atoms with Crippen LogP contribution in [0.15, 0.2) is 54.6 Å². The van der Waals surface area contributed by atoms with Crippen molar-refractivity contribution in [3.05, 3.63) is 76.9 Å². The fourth-order valence-electron chi connectivity index (χ4n) is 3.32. The summed E-state index contributed by atoms with van der Waals surface area (Å²) in [6, 6.07) is 17.8. The van der Waals surface area contributed by atoms with Crippen molar-refractivity contribution in [1.82, 2.24) is 15.0 Å². The van der Waals surface area contributed by atoms with Crippen LogP contribution >= 0.6 is 0 Å². The van der Waals surface area contributed by atoms with Crippen LogP contribution in [0.1, 0.15) is 29.2 Å². The number of rotatable bonds is 6. The summed E-state index contributed by atoms with van der Waals surface area (Å²) >= 11 is 0. The lowest BCUT2D eigenvalue weighted by Gasteiger charge is -2.10. The largest absolute Gasteiger partial charge is 0.484 e. The Kier molecular flexibility index (Phi) is 5.71. The van der Waals surface area contributed by atoms with E-state index in [1.54, 1.807) is 4.80 Å². The molecule has 158 valence electrons. The van der Waals surface area contributed by atoms with E-state index in [9.17, 15) is 4.79 Å². The van der Waals surface area contributed by atoms with E-state index in [0.29, 0.717) is 11.4 Å². The lowest BCUT2D eigenvalue weighted by Crippen LogP contribution is -2.20. The smallest absolute Gasteiger partial charge is 0.262 e. The summed E-state index contributed by atoms with van der Waals surface area (Å²) in [4.78, 5) is 14.1. The number of hydrogen-bond donors (Lipinski definition) is 1. The molecular formula is C25H26N4O2. The fourth-order valence-corrected chi connectivity index (χ4v) is 3.32. The second kappa shape index (κ2) is 8.60. The molecule has 1 heterocycles. The highest BCUT2D eigenvalue weighted by molar-refractivity contribution is 5.95. The first kappa shape index (κ1) is 20.6. The zero-order valence-corrected chi connectivity index (χ0v) is 18.3. The summed E-state index contributed by atoms with van der Waals surface area (Å²) in [5.74, 6) is 0.464. The lowest BCUT2D eigenvalue weighted by atomic mass is 10.1. The summed E-state index contributed by atoms with van der Waals surface area (Å²) in [6.45, 7) is 8.07. The van der Waals surface area contributed by atoms with Crippen molar-refractivity contribution < 1.29 is 9.53 Å². The molecule has 0 atom stereocenters. The molecule has 0 aliphatic carbocycles. The maximum atomic E-state index is 12.4. The summed E-state index contributed by atoms with van der Waals surface area (Å²) in [7, 11) is 0. The van der Waals surface area contributed by atoms with Gasteiger partial charge in [0.2, 0.25) is 0 Å². The molecule has 0 spiro atoms. The van der Waals surface area contributed by atoms with Gasteiger partial charge < -0.3 is 10.1 Å². The molecule has 6 nitrogen and oxygen atoms in total. The summed E-state index contributed by atoms with van der Waals surface area (Å²) < 4.78 is 5.64. The molecule has 0 aliphatic heterocycles. The first-order valence-corrected chi connectivity index (χ1v) is 10.4. The molecule has 0 saturated carbocycles. The highest BCUT2D eigenvalue weighted by Gasteiger charge is 2.11. The second-order valence-electron chi connectivity index (χ2n) is 7.75. The number of carbonyl (C=O) groups excluding carboxylic acids is 1. The Hall–Kier alpha value is -3.67. The maximum absolute atomic E-state index is 12.4. The molecule has 4 rings (SSSR count). The van der Waals surface area contributed by atoms with Gasteiger partial charge in [-0.2, -0.15) is 4.80 Å². The van der Waals surface area contributed by atoms with Gasteiger partial charge in [-0.05, 0) is 85.8 Å². The van der Waals surface area contributed by atoms with Crippen molar-refractivity contribution in [2.24, 2.45) is 0 Å². The minimum Gasteiger partial charge on any atom is -0.484 e. The molecule has 1 N–H and O–H groups in total. The van der Waals surface area contributed by atoms with E-state index in [-0.39, 0.29) is 12.5 Å². The van der Waals surface area contributed by atoms with E-state index < -0.39 is 0 Å². The molecule has 0 saturated heterocycles. The Morgan fingerprint density at radius 2 is 1.61 bits per heavy atom. The van der Waals surface area contributed by atoms with Gasteiger partial charge in [-0.25, -0.2) is 0 Å². The molecule has 0 unspecified atom stereocenters. The Labute approximate surface area is 181 Å². The Balaban J connectivity index is 1.48. The van der Waals surface area contributed by atoms with Gasteiger partial charge in [0.05, 0.1) is 5.69 Å². The average Bonchev–Trinajstić information content (AvgIpc) is 3.17. The van der Waals surface area contributed by atoms with Crippen LogP contribution in [0, 0.1) is 20.8 Å². The number of amides is 1. The third kappa shape index (κ3) is 4.58. The van der Waals surface area contributed by atoms with Crippen molar-refractivity contribution in [2.45, 2.75) is 34.1 Å². The fraction of sp³-hybridized carbons (Fsp3) is 0.240. The molecule has 0 bridgehead atoms. The predicted octanol–water partition coefficient (Wildman–Crippen LogP) is 4.93. The second-order valence-corrected chi connectivity index (χ2v) is 7.75. The van der Waals surface area contributed by atoms with Crippen molar-refractivity contribution in [3.8, 4) is 11.4 Å². The summed E-state index contributed by atoms with van der Waals surface area (Å²) in [6.07, 6.45) is 0.990. The number of anilines is 1. The molecule has 0 aliphatic rings. The Morgan fingerprint density at radius 3 is 2.29 bits per heavy atom. The van der Waals surface area contributed by atoms with E-state index >= 15 is 0 Å². The van der Waals surface area contributed by atoms with Gasteiger partial charge in [0, 0.05) is 5.69 Å². The lowest BCUT2D eigenvalue weighted by molar-refractivity contribution is -0.118. The van der Waals surface area contributed by atoms with Gasteiger partial charge in [-0.1, -0.05) is 25.1 Å². The van der Waals surface area contributed by atoms with Gasteiger partial charge in [0.15, 0.2) is 6.61 Å². The van der Waals surface area contributed by atoms with Crippen molar-refractivity contribution in [2.75, 3.05) is 11.9 Å². The van der Waals surface area contributed by atoms with Gasteiger partial charge in [-0.3, -0.25) is 4.79 Å². The van der Waals surface area contributed by atoms with Crippen LogP contribution in [0.3, 0.4) is 0 Å². The Morgan fingerprint density at radius 1 is 0.903 bits per heavy atom. The van der Waals surface area contributed by atoms with Crippen molar-refractivity contribution in [3.63, 3.8) is 0 Å². The van der Waals surface area contributed by atoms with Crippen LogP contribution in [-0.2, 0) is 11.2 Å². The molecular weight excluding hydrogens is 388 g/mol. The average molecular weight is 415 g/mol. The first-order chi connectivity index (χ1) is 14.9. The molecule has 1 amide bonds. The zero-order chi connectivity index (χ0) is 22.0.